The largest absolute Gasteiger partial charge is 0.449 e. The van der Waals surface area contributed by atoms with Crippen molar-refractivity contribution in [2.24, 2.45) is 5.92 Å². The molecule has 1 saturated heterocycles. The van der Waals surface area contributed by atoms with Gasteiger partial charge < -0.3 is 19.7 Å². The van der Waals surface area contributed by atoms with Crippen molar-refractivity contribution in [3.63, 3.8) is 0 Å². The average molecular weight is 435 g/mol. The summed E-state index contributed by atoms with van der Waals surface area (Å²) in [5.41, 5.74) is 1.44. The molecule has 30 heavy (non-hydrogen) atoms. The highest BCUT2D eigenvalue weighted by Gasteiger charge is 2.33. The minimum atomic E-state index is -0.866. The quantitative estimate of drug-likeness (QED) is 0.720. The van der Waals surface area contributed by atoms with E-state index < -0.39 is 12.1 Å². The number of rotatable bonds is 5. The number of nitrogens with zero attached hydrogens (tertiary/aromatic N) is 1. The number of nitrogens with one attached hydrogen (secondary N) is 1. The minimum absolute atomic E-state index is 0.00103. The van der Waals surface area contributed by atoms with Gasteiger partial charge in [0.05, 0.1) is 18.8 Å². The maximum absolute atomic E-state index is 13.1. The van der Waals surface area contributed by atoms with Crippen LogP contribution in [0, 0.1) is 5.92 Å². The van der Waals surface area contributed by atoms with Crippen LogP contribution in [0.1, 0.15) is 66.2 Å². The van der Waals surface area contributed by atoms with Crippen molar-refractivity contribution >= 4 is 34.1 Å². The van der Waals surface area contributed by atoms with Crippen LogP contribution in [0.15, 0.2) is 0 Å². The number of morpholine rings is 1. The lowest BCUT2D eigenvalue weighted by atomic mass is 9.89. The Morgan fingerprint density at radius 1 is 1.10 bits per heavy atom. The van der Waals surface area contributed by atoms with E-state index in [1.165, 1.54) is 17.8 Å². The van der Waals surface area contributed by atoms with Crippen LogP contribution < -0.4 is 5.32 Å². The van der Waals surface area contributed by atoms with E-state index in [1.54, 1.807) is 11.8 Å². The molecule has 0 radical (unpaired) electrons. The fourth-order valence-electron chi connectivity index (χ4n) is 4.60. The van der Waals surface area contributed by atoms with Crippen molar-refractivity contribution < 1.29 is 23.9 Å². The first-order valence-electron chi connectivity index (χ1n) is 11.1. The first-order valence-corrected chi connectivity index (χ1v) is 11.9. The Balaban J connectivity index is 1.47. The van der Waals surface area contributed by atoms with E-state index in [4.69, 9.17) is 9.47 Å². The standard InChI is InChI=1S/C22H30N2O5S/c1-14(21(26)24-10-12-28-13-11-24)29-22(27)18-16-8-5-9-17(16)30-20(18)23-19(25)15-6-3-2-4-7-15/h14-15H,2-13H2,1H3,(H,23,25). The summed E-state index contributed by atoms with van der Waals surface area (Å²) >= 11 is 1.49. The number of hydrogen-bond acceptors (Lipinski definition) is 6. The molecular weight excluding hydrogens is 404 g/mol. The second-order valence-corrected chi connectivity index (χ2v) is 9.48. The fourth-order valence-corrected chi connectivity index (χ4v) is 5.88. The van der Waals surface area contributed by atoms with Crippen LogP contribution in [0.3, 0.4) is 0 Å². The number of fused-ring (bicyclic) bond motifs is 1. The Morgan fingerprint density at radius 3 is 2.57 bits per heavy atom. The molecule has 0 aromatic carbocycles. The summed E-state index contributed by atoms with van der Waals surface area (Å²) < 4.78 is 10.9. The van der Waals surface area contributed by atoms with E-state index in [2.05, 4.69) is 5.32 Å². The summed E-state index contributed by atoms with van der Waals surface area (Å²) in [6.45, 7) is 3.64. The maximum Gasteiger partial charge on any atom is 0.342 e. The Morgan fingerprint density at radius 2 is 1.83 bits per heavy atom. The molecule has 1 saturated carbocycles. The highest BCUT2D eigenvalue weighted by Crippen LogP contribution is 2.40. The average Bonchev–Trinajstić information content (AvgIpc) is 3.35. The number of hydrogen-bond donors (Lipinski definition) is 1. The third-order valence-electron chi connectivity index (χ3n) is 6.29. The van der Waals surface area contributed by atoms with Gasteiger partial charge in [-0.25, -0.2) is 4.79 Å². The predicted octanol–water partition coefficient (Wildman–Crippen LogP) is 3.16. The van der Waals surface area contributed by atoms with E-state index in [1.807, 2.05) is 0 Å². The van der Waals surface area contributed by atoms with Gasteiger partial charge in [-0.2, -0.15) is 0 Å². The zero-order valence-electron chi connectivity index (χ0n) is 17.5. The van der Waals surface area contributed by atoms with E-state index in [0.717, 1.165) is 55.4 Å². The van der Waals surface area contributed by atoms with Gasteiger partial charge in [-0.1, -0.05) is 19.3 Å². The summed E-state index contributed by atoms with van der Waals surface area (Å²) in [5, 5.41) is 3.61. The molecule has 7 nitrogen and oxygen atoms in total. The molecule has 164 valence electrons. The molecule has 2 amide bonds. The molecule has 4 rings (SSSR count). The molecule has 1 aromatic heterocycles. The fraction of sp³-hybridized carbons (Fsp3) is 0.682. The van der Waals surface area contributed by atoms with Gasteiger partial charge in [0.15, 0.2) is 6.10 Å². The third kappa shape index (κ3) is 4.54. The molecule has 1 aliphatic heterocycles. The van der Waals surface area contributed by atoms with E-state index in [9.17, 15) is 14.4 Å². The number of amides is 2. The molecule has 1 unspecified atom stereocenters. The summed E-state index contributed by atoms with van der Waals surface area (Å²) in [4.78, 5) is 41.3. The van der Waals surface area contributed by atoms with Gasteiger partial charge in [0.1, 0.15) is 5.00 Å². The van der Waals surface area contributed by atoms with Crippen LogP contribution in [0.25, 0.3) is 0 Å². The van der Waals surface area contributed by atoms with Gasteiger partial charge in [0.2, 0.25) is 5.91 Å². The normalized spacial score (nSPS) is 20.5. The SMILES string of the molecule is CC(OC(=O)c1c(NC(=O)C2CCCCC2)sc2c1CCC2)C(=O)N1CCOCC1. The molecule has 1 aromatic rings. The van der Waals surface area contributed by atoms with Crippen molar-refractivity contribution in [1.82, 2.24) is 4.90 Å². The molecule has 2 aliphatic carbocycles. The summed E-state index contributed by atoms with van der Waals surface area (Å²) in [7, 11) is 0. The molecule has 3 aliphatic rings. The smallest absolute Gasteiger partial charge is 0.342 e. The molecule has 8 heteroatoms. The zero-order valence-corrected chi connectivity index (χ0v) is 18.4. The maximum atomic E-state index is 13.1. The Bertz CT molecular complexity index is 809. The van der Waals surface area contributed by atoms with Gasteiger partial charge in [-0.3, -0.25) is 9.59 Å². The molecule has 0 bridgehead atoms. The van der Waals surface area contributed by atoms with Crippen LogP contribution >= 0.6 is 11.3 Å². The summed E-state index contributed by atoms with van der Waals surface area (Å²) in [6.07, 6.45) is 7.01. The summed E-state index contributed by atoms with van der Waals surface area (Å²) in [6, 6.07) is 0. The van der Waals surface area contributed by atoms with Gasteiger partial charge in [-0.05, 0) is 44.6 Å². The van der Waals surface area contributed by atoms with Gasteiger partial charge in [-0.15, -0.1) is 11.3 Å². The van der Waals surface area contributed by atoms with Gasteiger partial charge in [0, 0.05) is 23.9 Å². The Hall–Kier alpha value is -1.93. The monoisotopic (exact) mass is 434 g/mol. The molecular formula is C22H30N2O5S. The van der Waals surface area contributed by atoms with Crippen LogP contribution in [0.4, 0.5) is 5.00 Å². The van der Waals surface area contributed by atoms with Crippen LogP contribution in [0.5, 0.6) is 0 Å². The van der Waals surface area contributed by atoms with Gasteiger partial charge in [0.25, 0.3) is 5.91 Å². The number of anilines is 1. The first-order chi connectivity index (χ1) is 14.5. The third-order valence-corrected chi connectivity index (χ3v) is 7.50. The zero-order chi connectivity index (χ0) is 21.1. The topological polar surface area (TPSA) is 84.9 Å². The highest BCUT2D eigenvalue weighted by molar-refractivity contribution is 7.17. The number of ether oxygens (including phenoxy) is 2. The molecule has 0 spiro atoms. The number of carbonyl (C=O) groups excluding carboxylic acids is 3. The molecule has 2 heterocycles. The lowest BCUT2D eigenvalue weighted by Crippen LogP contribution is -2.46. The van der Waals surface area contributed by atoms with Crippen LogP contribution in [0.2, 0.25) is 0 Å². The van der Waals surface area contributed by atoms with Crippen molar-refractivity contribution in [3.05, 3.63) is 16.0 Å². The lowest BCUT2D eigenvalue weighted by Gasteiger charge is -2.29. The van der Waals surface area contributed by atoms with E-state index in [0.29, 0.717) is 36.9 Å². The van der Waals surface area contributed by atoms with Crippen molar-refractivity contribution in [3.8, 4) is 0 Å². The number of thiophene rings is 1. The molecule has 1 N–H and O–H groups in total. The molecule has 1 atom stereocenters. The molecule has 2 fully saturated rings. The second kappa shape index (κ2) is 9.47. The van der Waals surface area contributed by atoms with Crippen molar-refractivity contribution in [2.75, 3.05) is 31.6 Å². The van der Waals surface area contributed by atoms with E-state index in [-0.39, 0.29) is 17.7 Å². The first kappa shape index (κ1) is 21.3. The number of carbonyl (C=O) groups is 3. The number of esters is 1. The predicted molar refractivity (Wildman–Crippen MR) is 114 cm³/mol. The second-order valence-electron chi connectivity index (χ2n) is 8.37. The van der Waals surface area contributed by atoms with Crippen LogP contribution in [-0.2, 0) is 31.9 Å². The minimum Gasteiger partial charge on any atom is -0.449 e. The number of aryl methyl sites for hydroxylation is 1. The Kier molecular flexibility index (Phi) is 6.73. The van der Waals surface area contributed by atoms with Gasteiger partial charge >= 0.3 is 5.97 Å². The van der Waals surface area contributed by atoms with Crippen molar-refractivity contribution in [2.45, 2.75) is 64.4 Å². The lowest BCUT2D eigenvalue weighted by molar-refractivity contribution is -0.143. The van der Waals surface area contributed by atoms with E-state index >= 15 is 0 Å². The Labute approximate surface area is 181 Å². The summed E-state index contributed by atoms with van der Waals surface area (Å²) in [5.74, 6) is -0.698. The highest BCUT2D eigenvalue weighted by atomic mass is 32.1. The van der Waals surface area contributed by atoms with Crippen molar-refractivity contribution in [1.29, 1.82) is 0 Å². The van der Waals surface area contributed by atoms with Crippen LogP contribution in [-0.4, -0.2) is 55.1 Å².